The van der Waals surface area contributed by atoms with Crippen LogP contribution in [0.3, 0.4) is 0 Å². The van der Waals surface area contributed by atoms with Gasteiger partial charge in [-0.25, -0.2) is 5.43 Å². The number of rotatable bonds is 10. The first-order valence-electron chi connectivity index (χ1n) is 10.1. The summed E-state index contributed by atoms with van der Waals surface area (Å²) in [5.74, 6) is 0.930. The van der Waals surface area contributed by atoms with Crippen molar-refractivity contribution in [1.29, 1.82) is 0 Å². The predicted molar refractivity (Wildman–Crippen MR) is 142 cm³/mol. The number of nitrogens with one attached hydrogen (secondary N) is 2. The maximum absolute atomic E-state index is 12.0. The minimum absolute atomic E-state index is 0.114. The first-order chi connectivity index (χ1) is 16.0. The molecule has 0 saturated carbocycles. The molecule has 1 amide bonds. The Labute approximate surface area is 216 Å². The Morgan fingerprint density at radius 3 is 2.61 bits per heavy atom. The van der Waals surface area contributed by atoms with Gasteiger partial charge in [0, 0.05) is 21.3 Å². The number of hydrogen-bond donors (Lipinski definition) is 2. The van der Waals surface area contributed by atoms with Crippen LogP contribution in [-0.4, -0.2) is 25.3 Å². The Morgan fingerprint density at radius 2 is 1.88 bits per heavy atom. The Kier molecular flexibility index (Phi) is 9.65. The second kappa shape index (κ2) is 12.7. The van der Waals surface area contributed by atoms with Crippen LogP contribution in [0.5, 0.6) is 11.5 Å². The van der Waals surface area contributed by atoms with E-state index in [4.69, 9.17) is 32.7 Å². The van der Waals surface area contributed by atoms with Gasteiger partial charge in [-0.15, -0.1) is 0 Å². The first-order valence-corrected chi connectivity index (χ1v) is 11.9. The van der Waals surface area contributed by atoms with Crippen LogP contribution in [0.4, 0.5) is 5.69 Å². The van der Waals surface area contributed by atoms with Crippen LogP contribution >= 0.6 is 45.8 Å². The van der Waals surface area contributed by atoms with E-state index in [0.29, 0.717) is 28.2 Å². The van der Waals surface area contributed by atoms with Gasteiger partial charge in [-0.1, -0.05) is 47.5 Å². The second-order valence-electron chi connectivity index (χ2n) is 6.80. The van der Waals surface area contributed by atoms with Gasteiger partial charge in [-0.05, 0) is 71.5 Å². The van der Waals surface area contributed by atoms with Crippen LogP contribution in [0.25, 0.3) is 0 Å². The van der Waals surface area contributed by atoms with Gasteiger partial charge in [0.25, 0.3) is 5.91 Å². The number of amides is 1. The molecular formula is C24H22Cl2IN3O3. The summed E-state index contributed by atoms with van der Waals surface area (Å²) in [4.78, 5) is 12.0. The molecule has 0 spiro atoms. The third kappa shape index (κ3) is 7.80. The summed E-state index contributed by atoms with van der Waals surface area (Å²) in [6.45, 7) is 2.75. The molecule has 0 bridgehead atoms. The van der Waals surface area contributed by atoms with E-state index in [0.717, 1.165) is 20.4 Å². The molecule has 3 rings (SSSR count). The van der Waals surface area contributed by atoms with E-state index >= 15 is 0 Å². The summed E-state index contributed by atoms with van der Waals surface area (Å²) in [6.07, 6.45) is 1.56. The minimum Gasteiger partial charge on any atom is -0.490 e. The van der Waals surface area contributed by atoms with Crippen LogP contribution < -0.4 is 20.2 Å². The molecule has 3 aromatic rings. The third-order valence-electron chi connectivity index (χ3n) is 4.35. The van der Waals surface area contributed by atoms with Crippen molar-refractivity contribution in [2.75, 3.05) is 18.5 Å². The summed E-state index contributed by atoms with van der Waals surface area (Å²) < 4.78 is 12.6. The number of hydrogen-bond acceptors (Lipinski definition) is 5. The lowest BCUT2D eigenvalue weighted by Crippen LogP contribution is -2.25. The zero-order valence-corrected chi connectivity index (χ0v) is 21.4. The number of nitrogens with zero attached hydrogens (tertiary/aromatic N) is 1. The van der Waals surface area contributed by atoms with E-state index < -0.39 is 0 Å². The highest BCUT2D eigenvalue weighted by molar-refractivity contribution is 14.1. The van der Waals surface area contributed by atoms with Crippen LogP contribution in [0, 0.1) is 3.57 Å². The summed E-state index contributed by atoms with van der Waals surface area (Å²) in [5, 5.41) is 8.18. The van der Waals surface area contributed by atoms with Crippen LogP contribution in [0.2, 0.25) is 10.0 Å². The number of anilines is 1. The zero-order chi connectivity index (χ0) is 23.6. The average Bonchev–Trinajstić information content (AvgIpc) is 2.79. The molecule has 172 valence electrons. The number of hydrazone groups is 1. The number of ether oxygens (including phenoxy) is 2. The van der Waals surface area contributed by atoms with Crippen molar-refractivity contribution < 1.29 is 14.3 Å². The van der Waals surface area contributed by atoms with Crippen LogP contribution in [0.15, 0.2) is 65.8 Å². The van der Waals surface area contributed by atoms with Gasteiger partial charge in [0.15, 0.2) is 11.5 Å². The Morgan fingerprint density at radius 1 is 1.09 bits per heavy atom. The number of carbonyl (C=O) groups excluding carboxylic acids is 1. The monoisotopic (exact) mass is 597 g/mol. The second-order valence-corrected chi connectivity index (χ2v) is 8.81. The smallest absolute Gasteiger partial charge is 0.259 e. The molecule has 0 atom stereocenters. The van der Waals surface area contributed by atoms with Gasteiger partial charge in [0.05, 0.1) is 22.9 Å². The van der Waals surface area contributed by atoms with E-state index in [1.165, 1.54) is 0 Å². The molecule has 0 aliphatic rings. The van der Waals surface area contributed by atoms with Crippen LogP contribution in [0.1, 0.15) is 18.1 Å². The lowest BCUT2D eigenvalue weighted by Gasteiger charge is -2.15. The number of para-hydroxylation sites is 1. The normalized spacial score (nSPS) is 10.8. The fourth-order valence-electron chi connectivity index (χ4n) is 2.81. The van der Waals surface area contributed by atoms with E-state index in [1.54, 1.807) is 18.3 Å². The van der Waals surface area contributed by atoms with Gasteiger partial charge in [-0.2, -0.15) is 5.10 Å². The van der Waals surface area contributed by atoms with Crippen molar-refractivity contribution in [3.05, 3.63) is 85.4 Å². The Balaban J connectivity index is 1.63. The molecule has 0 heterocycles. The summed E-state index contributed by atoms with van der Waals surface area (Å²) in [6, 6.07) is 18.5. The lowest BCUT2D eigenvalue weighted by molar-refractivity contribution is -0.119. The van der Waals surface area contributed by atoms with Crippen LogP contribution in [-0.2, 0) is 11.4 Å². The van der Waals surface area contributed by atoms with Gasteiger partial charge in [0.2, 0.25) is 0 Å². The number of halogens is 3. The maximum atomic E-state index is 12.0. The van der Waals surface area contributed by atoms with Gasteiger partial charge in [-0.3, -0.25) is 4.79 Å². The average molecular weight is 598 g/mol. The fourth-order valence-corrected chi connectivity index (χ4v) is 4.05. The van der Waals surface area contributed by atoms with E-state index in [2.05, 4.69) is 38.4 Å². The van der Waals surface area contributed by atoms with Gasteiger partial charge < -0.3 is 14.8 Å². The summed E-state index contributed by atoms with van der Waals surface area (Å²) in [5.41, 5.74) is 4.95. The lowest BCUT2D eigenvalue weighted by atomic mass is 10.2. The van der Waals surface area contributed by atoms with E-state index in [9.17, 15) is 4.79 Å². The van der Waals surface area contributed by atoms with Crippen molar-refractivity contribution in [3.8, 4) is 11.5 Å². The number of carbonyl (C=O) groups is 1. The molecule has 3 aromatic carbocycles. The molecule has 0 aliphatic carbocycles. The maximum Gasteiger partial charge on any atom is 0.259 e. The Bertz CT molecular complexity index is 1130. The predicted octanol–water partition coefficient (Wildman–Crippen LogP) is 6.14. The van der Waals surface area contributed by atoms with Gasteiger partial charge >= 0.3 is 0 Å². The molecule has 2 N–H and O–H groups in total. The van der Waals surface area contributed by atoms with Crippen molar-refractivity contribution in [3.63, 3.8) is 0 Å². The third-order valence-corrected chi connectivity index (χ3v) is 5.74. The molecule has 0 radical (unpaired) electrons. The van der Waals surface area contributed by atoms with Crippen molar-refractivity contribution >= 4 is 63.6 Å². The molecule has 9 heteroatoms. The molecular weight excluding hydrogens is 576 g/mol. The standard InChI is InChI=1S/C24H22Cl2IN3O3/c1-2-32-22-11-16(13-29-30-23(31)14-28-19-6-4-3-5-7-19)10-21(27)24(22)33-15-17-8-9-18(25)12-20(17)26/h3-13,28H,2,14-15H2,1H3,(H,30,31)/b29-13-. The highest BCUT2D eigenvalue weighted by Crippen LogP contribution is 2.35. The molecule has 0 unspecified atom stereocenters. The fraction of sp³-hybridized carbons (Fsp3) is 0.167. The highest BCUT2D eigenvalue weighted by Gasteiger charge is 2.13. The largest absolute Gasteiger partial charge is 0.490 e. The molecule has 0 saturated heterocycles. The van der Waals surface area contributed by atoms with Crippen molar-refractivity contribution in [2.24, 2.45) is 5.10 Å². The first kappa shape index (κ1) is 25.1. The van der Waals surface area contributed by atoms with E-state index in [-0.39, 0.29) is 19.1 Å². The zero-order valence-electron chi connectivity index (χ0n) is 17.8. The minimum atomic E-state index is -0.255. The van der Waals surface area contributed by atoms with Crippen molar-refractivity contribution in [1.82, 2.24) is 5.43 Å². The topological polar surface area (TPSA) is 72.0 Å². The molecule has 0 aliphatic heterocycles. The Hall–Kier alpha value is -2.49. The van der Waals surface area contributed by atoms with Crippen molar-refractivity contribution in [2.45, 2.75) is 13.5 Å². The van der Waals surface area contributed by atoms with E-state index in [1.807, 2.05) is 55.5 Å². The quantitative estimate of drug-likeness (QED) is 0.167. The van der Waals surface area contributed by atoms with Gasteiger partial charge in [0.1, 0.15) is 6.61 Å². The summed E-state index contributed by atoms with van der Waals surface area (Å²) >= 11 is 14.4. The SMILES string of the molecule is CCOc1cc(/C=N\NC(=O)CNc2ccccc2)cc(I)c1OCc1ccc(Cl)cc1Cl. The molecule has 6 nitrogen and oxygen atoms in total. The molecule has 0 aromatic heterocycles. The molecule has 33 heavy (non-hydrogen) atoms. The number of benzene rings is 3. The highest BCUT2D eigenvalue weighted by atomic mass is 127. The molecule has 0 fully saturated rings. The summed E-state index contributed by atoms with van der Waals surface area (Å²) in [7, 11) is 0.